The van der Waals surface area contributed by atoms with Crippen molar-refractivity contribution in [3.05, 3.63) is 32.2 Å². The molecular formula is C15H24IN5S2. The largest absolute Gasteiger partial charge is 0.356 e. The van der Waals surface area contributed by atoms with Crippen LogP contribution in [-0.4, -0.2) is 29.5 Å². The van der Waals surface area contributed by atoms with Crippen LogP contribution >= 0.6 is 46.7 Å². The highest BCUT2D eigenvalue weighted by atomic mass is 127. The van der Waals surface area contributed by atoms with Crippen LogP contribution in [0.15, 0.2) is 16.6 Å². The molecular weight excluding hydrogens is 441 g/mol. The van der Waals surface area contributed by atoms with Gasteiger partial charge >= 0.3 is 0 Å². The van der Waals surface area contributed by atoms with Gasteiger partial charge in [0.15, 0.2) is 5.96 Å². The molecule has 5 nitrogen and oxygen atoms in total. The monoisotopic (exact) mass is 465 g/mol. The second kappa shape index (κ2) is 10.2. The van der Waals surface area contributed by atoms with Gasteiger partial charge in [-0.1, -0.05) is 13.8 Å². The van der Waals surface area contributed by atoms with E-state index >= 15 is 0 Å². The lowest BCUT2D eigenvalue weighted by Gasteiger charge is -2.10. The molecule has 0 aliphatic rings. The summed E-state index contributed by atoms with van der Waals surface area (Å²) in [7, 11) is 1.78. The highest BCUT2D eigenvalue weighted by Gasteiger charge is 2.06. The fourth-order valence-corrected chi connectivity index (χ4v) is 3.47. The van der Waals surface area contributed by atoms with Crippen molar-refractivity contribution in [2.45, 2.75) is 39.7 Å². The molecule has 23 heavy (non-hydrogen) atoms. The Kier molecular flexibility index (Phi) is 9.00. The molecule has 0 aliphatic heterocycles. The van der Waals surface area contributed by atoms with Crippen molar-refractivity contribution >= 4 is 52.6 Å². The fraction of sp³-hybridized carbons (Fsp3) is 0.533. The minimum Gasteiger partial charge on any atom is -0.356 e. The van der Waals surface area contributed by atoms with Gasteiger partial charge in [0.25, 0.3) is 0 Å². The molecule has 0 atom stereocenters. The molecule has 128 valence electrons. The minimum absolute atomic E-state index is 0. The molecule has 2 heterocycles. The molecule has 0 unspecified atom stereocenters. The van der Waals surface area contributed by atoms with Crippen molar-refractivity contribution in [2.24, 2.45) is 4.99 Å². The first kappa shape index (κ1) is 20.3. The van der Waals surface area contributed by atoms with E-state index < -0.39 is 0 Å². The second-order valence-corrected chi connectivity index (χ2v) is 7.51. The van der Waals surface area contributed by atoms with Gasteiger partial charge in [0.2, 0.25) is 0 Å². The van der Waals surface area contributed by atoms with Crippen LogP contribution in [0, 0.1) is 6.92 Å². The van der Waals surface area contributed by atoms with Crippen LogP contribution in [0.5, 0.6) is 0 Å². The van der Waals surface area contributed by atoms with Crippen LogP contribution in [0.4, 0.5) is 0 Å². The summed E-state index contributed by atoms with van der Waals surface area (Å²) in [5, 5.41) is 11.0. The number of hydrogen-bond acceptors (Lipinski definition) is 5. The SMILES string of the molecule is CN=C(NCCc1csc(C(C)C)n1)NCc1ncc(C)s1.I. The number of nitrogens with zero attached hydrogens (tertiary/aromatic N) is 3. The third-order valence-corrected chi connectivity index (χ3v) is 5.14. The number of halogens is 1. The molecule has 0 saturated carbocycles. The number of thiazole rings is 2. The highest BCUT2D eigenvalue weighted by Crippen LogP contribution is 2.19. The maximum absolute atomic E-state index is 4.64. The summed E-state index contributed by atoms with van der Waals surface area (Å²) in [6.07, 6.45) is 2.80. The third kappa shape index (κ3) is 6.72. The molecule has 0 aromatic carbocycles. The van der Waals surface area contributed by atoms with Gasteiger partial charge in [-0.3, -0.25) is 4.99 Å². The predicted octanol–water partition coefficient (Wildman–Crippen LogP) is 3.56. The lowest BCUT2D eigenvalue weighted by molar-refractivity contribution is 0.775. The Morgan fingerprint density at radius 3 is 2.70 bits per heavy atom. The molecule has 0 radical (unpaired) electrons. The predicted molar refractivity (Wildman–Crippen MR) is 110 cm³/mol. The molecule has 0 bridgehead atoms. The third-order valence-electron chi connectivity index (χ3n) is 3.04. The number of nitrogens with one attached hydrogen (secondary N) is 2. The Bertz CT molecular complexity index is 621. The van der Waals surface area contributed by atoms with Crippen molar-refractivity contribution in [1.82, 2.24) is 20.6 Å². The highest BCUT2D eigenvalue weighted by molar-refractivity contribution is 14.0. The summed E-state index contributed by atoms with van der Waals surface area (Å²) >= 11 is 3.44. The van der Waals surface area contributed by atoms with Crippen LogP contribution in [-0.2, 0) is 13.0 Å². The van der Waals surface area contributed by atoms with E-state index in [1.54, 1.807) is 29.7 Å². The lowest BCUT2D eigenvalue weighted by Crippen LogP contribution is -2.37. The van der Waals surface area contributed by atoms with Crippen molar-refractivity contribution in [2.75, 3.05) is 13.6 Å². The molecule has 0 saturated heterocycles. The Balaban J connectivity index is 0.00000264. The molecule has 0 spiro atoms. The van der Waals surface area contributed by atoms with Crippen molar-refractivity contribution in [3.63, 3.8) is 0 Å². The number of aliphatic imine (C=N–C) groups is 1. The number of aromatic nitrogens is 2. The van der Waals surface area contributed by atoms with E-state index in [-0.39, 0.29) is 24.0 Å². The van der Waals surface area contributed by atoms with Crippen molar-refractivity contribution < 1.29 is 0 Å². The fourth-order valence-electron chi connectivity index (χ4n) is 1.87. The molecule has 0 amide bonds. The van der Waals surface area contributed by atoms with Crippen molar-refractivity contribution in [3.8, 4) is 0 Å². The number of hydrogen-bond donors (Lipinski definition) is 2. The maximum atomic E-state index is 4.64. The summed E-state index contributed by atoms with van der Waals surface area (Å²) < 4.78 is 0. The van der Waals surface area contributed by atoms with Crippen LogP contribution in [0.3, 0.4) is 0 Å². The number of aryl methyl sites for hydroxylation is 1. The summed E-state index contributed by atoms with van der Waals surface area (Å²) in [5.74, 6) is 1.30. The van der Waals surface area contributed by atoms with Crippen LogP contribution in [0.2, 0.25) is 0 Å². The van der Waals surface area contributed by atoms with Gasteiger partial charge in [-0.05, 0) is 6.92 Å². The van der Waals surface area contributed by atoms with Gasteiger partial charge in [0.05, 0.1) is 17.2 Å². The molecule has 2 rings (SSSR count). The van der Waals surface area contributed by atoms with Gasteiger partial charge in [0.1, 0.15) is 5.01 Å². The number of guanidine groups is 1. The van der Waals surface area contributed by atoms with Crippen molar-refractivity contribution in [1.29, 1.82) is 0 Å². The average molecular weight is 465 g/mol. The van der Waals surface area contributed by atoms with Gasteiger partial charge < -0.3 is 10.6 Å². The summed E-state index contributed by atoms with van der Waals surface area (Å²) in [5.41, 5.74) is 1.15. The molecule has 2 N–H and O–H groups in total. The van der Waals surface area contributed by atoms with Gasteiger partial charge in [-0.15, -0.1) is 46.7 Å². The standard InChI is InChI=1S/C15H23N5S2.HI/c1-10(2)14-20-12(9-21-14)5-6-17-15(16-4)19-8-13-18-7-11(3)22-13;/h7,9-10H,5-6,8H2,1-4H3,(H2,16,17,19);1H. The molecule has 2 aromatic heterocycles. The summed E-state index contributed by atoms with van der Waals surface area (Å²) in [6.45, 7) is 7.93. The summed E-state index contributed by atoms with van der Waals surface area (Å²) in [4.78, 5) is 14.4. The van der Waals surface area contributed by atoms with E-state index in [0.29, 0.717) is 12.5 Å². The van der Waals surface area contributed by atoms with Gasteiger partial charge in [-0.25, -0.2) is 9.97 Å². The summed E-state index contributed by atoms with van der Waals surface area (Å²) in [6, 6.07) is 0. The maximum Gasteiger partial charge on any atom is 0.191 e. The smallest absolute Gasteiger partial charge is 0.191 e. The van der Waals surface area contributed by atoms with E-state index in [1.807, 2.05) is 6.20 Å². The lowest BCUT2D eigenvalue weighted by atomic mass is 10.2. The van der Waals surface area contributed by atoms with Crippen LogP contribution in [0.25, 0.3) is 0 Å². The van der Waals surface area contributed by atoms with Crippen LogP contribution in [0.1, 0.15) is 40.4 Å². The van der Waals surface area contributed by atoms with E-state index in [4.69, 9.17) is 0 Å². The molecule has 8 heteroatoms. The van der Waals surface area contributed by atoms with E-state index in [0.717, 1.165) is 29.6 Å². The first-order valence-electron chi connectivity index (χ1n) is 7.38. The Labute approximate surface area is 163 Å². The quantitative estimate of drug-likeness (QED) is 0.389. The van der Waals surface area contributed by atoms with E-state index in [2.05, 4.69) is 51.7 Å². The Morgan fingerprint density at radius 1 is 1.35 bits per heavy atom. The minimum atomic E-state index is 0. The van der Waals surface area contributed by atoms with Crippen LogP contribution < -0.4 is 10.6 Å². The zero-order chi connectivity index (χ0) is 15.9. The number of rotatable bonds is 6. The first-order chi connectivity index (χ1) is 10.6. The molecule has 2 aromatic rings. The molecule has 0 aliphatic carbocycles. The zero-order valence-corrected chi connectivity index (χ0v) is 17.9. The average Bonchev–Trinajstić information content (AvgIpc) is 3.11. The normalized spacial score (nSPS) is 11.4. The Hall–Kier alpha value is -0.740. The van der Waals surface area contributed by atoms with E-state index in [1.165, 1.54) is 9.88 Å². The first-order valence-corrected chi connectivity index (χ1v) is 9.08. The molecule has 0 fully saturated rings. The van der Waals surface area contributed by atoms with Gasteiger partial charge in [0, 0.05) is 42.4 Å². The second-order valence-electron chi connectivity index (χ2n) is 5.30. The van der Waals surface area contributed by atoms with Gasteiger partial charge in [-0.2, -0.15) is 0 Å². The van der Waals surface area contributed by atoms with E-state index in [9.17, 15) is 0 Å². The Morgan fingerprint density at radius 2 is 2.13 bits per heavy atom. The topological polar surface area (TPSA) is 62.2 Å². The zero-order valence-electron chi connectivity index (χ0n) is 13.9.